The molecular weight excluding hydrogens is 507 g/mol. The highest BCUT2D eigenvalue weighted by Gasteiger charge is 2.11. The third kappa shape index (κ3) is 8.33. The Morgan fingerprint density at radius 1 is 1.17 bits per heavy atom. The van der Waals surface area contributed by atoms with E-state index in [2.05, 4.69) is 31.5 Å². The summed E-state index contributed by atoms with van der Waals surface area (Å²) in [6.07, 6.45) is 1.53. The van der Waals surface area contributed by atoms with Crippen molar-refractivity contribution < 1.29 is 18.3 Å². The van der Waals surface area contributed by atoms with E-state index in [-0.39, 0.29) is 35.5 Å². The first kappa shape index (κ1) is 25.9. The van der Waals surface area contributed by atoms with Gasteiger partial charge in [-0.05, 0) is 50.5 Å². The zero-order chi connectivity index (χ0) is 21.2. The highest BCUT2D eigenvalue weighted by atomic mass is 127. The molecule has 0 amide bonds. The molecule has 0 saturated heterocycles. The number of hydrogen-bond acceptors (Lipinski definition) is 4. The second kappa shape index (κ2) is 13.2. The number of hydrogen-bond donors (Lipinski definition) is 2. The lowest BCUT2D eigenvalue weighted by Crippen LogP contribution is -2.39. The fourth-order valence-corrected chi connectivity index (χ4v) is 2.95. The maximum absolute atomic E-state index is 12.5. The highest BCUT2D eigenvalue weighted by molar-refractivity contribution is 14.0. The Morgan fingerprint density at radius 2 is 1.90 bits per heavy atom. The number of methoxy groups -OCH3 is 1. The van der Waals surface area contributed by atoms with Crippen molar-refractivity contribution >= 4 is 29.9 Å². The van der Waals surface area contributed by atoms with Crippen molar-refractivity contribution in [3.8, 4) is 11.5 Å². The number of halogens is 3. The van der Waals surface area contributed by atoms with E-state index in [1.54, 1.807) is 19.2 Å². The lowest BCUT2D eigenvalue weighted by atomic mass is 10.1. The van der Waals surface area contributed by atoms with Crippen molar-refractivity contribution in [2.24, 2.45) is 4.99 Å². The fourth-order valence-electron chi connectivity index (χ4n) is 2.95. The van der Waals surface area contributed by atoms with E-state index < -0.39 is 6.61 Å². The minimum Gasteiger partial charge on any atom is -0.493 e. The van der Waals surface area contributed by atoms with Gasteiger partial charge >= 0.3 is 6.61 Å². The molecule has 0 saturated carbocycles. The molecule has 0 radical (unpaired) electrons. The summed E-state index contributed by atoms with van der Waals surface area (Å²) in [6.45, 7) is 3.33. The number of aryl methyl sites for hydroxylation is 3. The van der Waals surface area contributed by atoms with Crippen molar-refractivity contribution in [2.75, 3.05) is 27.2 Å². The molecule has 7 nitrogen and oxygen atoms in total. The van der Waals surface area contributed by atoms with Crippen LogP contribution in [0.4, 0.5) is 8.78 Å². The number of rotatable bonds is 10. The predicted molar refractivity (Wildman–Crippen MR) is 124 cm³/mol. The van der Waals surface area contributed by atoms with Gasteiger partial charge in [-0.2, -0.15) is 13.9 Å². The normalized spacial score (nSPS) is 11.2. The average Bonchev–Trinajstić information content (AvgIpc) is 3.00. The van der Waals surface area contributed by atoms with E-state index in [9.17, 15) is 8.78 Å². The summed E-state index contributed by atoms with van der Waals surface area (Å²) < 4.78 is 36.6. The number of aliphatic imine (C=N–C) groups is 1. The highest BCUT2D eigenvalue weighted by Crippen LogP contribution is 2.29. The Hall–Kier alpha value is -2.11. The molecule has 2 aromatic rings. The van der Waals surface area contributed by atoms with E-state index in [1.165, 1.54) is 7.11 Å². The summed E-state index contributed by atoms with van der Waals surface area (Å²) in [5, 5.41) is 10.9. The molecule has 0 aliphatic carbocycles. The monoisotopic (exact) mass is 537 g/mol. The third-order valence-corrected chi connectivity index (χ3v) is 4.32. The van der Waals surface area contributed by atoms with Crippen LogP contribution in [0.3, 0.4) is 0 Å². The van der Waals surface area contributed by atoms with Crippen LogP contribution in [-0.2, 0) is 13.0 Å². The van der Waals surface area contributed by atoms with Gasteiger partial charge in [-0.25, -0.2) is 0 Å². The van der Waals surface area contributed by atoms with Crippen LogP contribution in [0.15, 0.2) is 29.3 Å². The zero-order valence-electron chi connectivity index (χ0n) is 17.7. The SMILES string of the molecule is CN=C(NCCCn1nc(C)cc1C)NCCc1ccc(OC)c(OC(F)F)c1.I. The summed E-state index contributed by atoms with van der Waals surface area (Å²) in [5.41, 5.74) is 3.03. The maximum atomic E-state index is 12.5. The molecule has 30 heavy (non-hydrogen) atoms. The molecule has 2 rings (SSSR count). The van der Waals surface area contributed by atoms with E-state index in [0.29, 0.717) is 18.9 Å². The quantitative estimate of drug-likeness (QED) is 0.210. The lowest BCUT2D eigenvalue weighted by Gasteiger charge is -2.14. The molecule has 1 aromatic carbocycles. The van der Waals surface area contributed by atoms with Crippen molar-refractivity contribution in [1.29, 1.82) is 0 Å². The van der Waals surface area contributed by atoms with Crippen LogP contribution in [0.5, 0.6) is 11.5 Å². The van der Waals surface area contributed by atoms with Gasteiger partial charge in [0.15, 0.2) is 17.5 Å². The molecule has 0 aliphatic rings. The zero-order valence-corrected chi connectivity index (χ0v) is 20.1. The molecule has 0 bridgehead atoms. The van der Waals surface area contributed by atoms with Crippen LogP contribution in [0, 0.1) is 13.8 Å². The van der Waals surface area contributed by atoms with Gasteiger partial charge < -0.3 is 20.1 Å². The molecule has 2 N–H and O–H groups in total. The Morgan fingerprint density at radius 3 is 2.50 bits per heavy atom. The van der Waals surface area contributed by atoms with E-state index in [4.69, 9.17) is 4.74 Å². The first-order chi connectivity index (χ1) is 13.9. The summed E-state index contributed by atoms with van der Waals surface area (Å²) >= 11 is 0. The van der Waals surface area contributed by atoms with Gasteiger partial charge in [0.25, 0.3) is 0 Å². The van der Waals surface area contributed by atoms with E-state index >= 15 is 0 Å². The first-order valence-electron chi connectivity index (χ1n) is 9.50. The second-order valence-electron chi connectivity index (χ2n) is 6.54. The number of nitrogens with one attached hydrogen (secondary N) is 2. The smallest absolute Gasteiger partial charge is 0.387 e. The fraction of sp³-hybridized carbons (Fsp3) is 0.500. The van der Waals surface area contributed by atoms with Gasteiger partial charge in [0.2, 0.25) is 0 Å². The topological polar surface area (TPSA) is 72.7 Å². The Kier molecular flexibility index (Phi) is 11.4. The molecule has 0 aliphatic heterocycles. The van der Waals surface area contributed by atoms with Crippen molar-refractivity contribution in [1.82, 2.24) is 20.4 Å². The van der Waals surface area contributed by atoms with Crippen molar-refractivity contribution in [3.63, 3.8) is 0 Å². The minimum absolute atomic E-state index is 0. The number of nitrogens with zero attached hydrogens (tertiary/aromatic N) is 3. The Labute approximate surface area is 193 Å². The van der Waals surface area contributed by atoms with E-state index in [0.717, 1.165) is 36.5 Å². The summed E-state index contributed by atoms with van der Waals surface area (Å²) in [7, 11) is 3.12. The standard InChI is InChI=1S/C20H29F2N5O2.HI/c1-14-12-15(2)27(26-14)11-5-9-24-20(23-3)25-10-8-16-6-7-17(28-4)18(13-16)29-19(21)22;/h6-7,12-13,19H,5,8-11H2,1-4H3,(H2,23,24,25);1H. The molecule has 168 valence electrons. The molecule has 0 fully saturated rings. The van der Waals surface area contributed by atoms with Gasteiger partial charge in [-0.15, -0.1) is 24.0 Å². The van der Waals surface area contributed by atoms with Gasteiger partial charge in [0.1, 0.15) is 0 Å². The van der Waals surface area contributed by atoms with Gasteiger partial charge in [0.05, 0.1) is 12.8 Å². The molecule has 0 unspecified atom stereocenters. The van der Waals surface area contributed by atoms with Gasteiger partial charge in [0, 0.05) is 32.4 Å². The molecular formula is C20H30F2IN5O2. The van der Waals surface area contributed by atoms with Gasteiger partial charge in [-0.3, -0.25) is 9.67 Å². The summed E-state index contributed by atoms with van der Waals surface area (Å²) in [6, 6.07) is 7.07. The van der Waals surface area contributed by atoms with Crippen LogP contribution in [0.25, 0.3) is 0 Å². The average molecular weight is 537 g/mol. The van der Waals surface area contributed by atoms with Gasteiger partial charge in [-0.1, -0.05) is 6.07 Å². The molecule has 1 heterocycles. The molecule has 10 heteroatoms. The number of benzene rings is 1. The van der Waals surface area contributed by atoms with Crippen molar-refractivity contribution in [3.05, 3.63) is 41.2 Å². The molecule has 0 spiro atoms. The molecule has 1 aromatic heterocycles. The lowest BCUT2D eigenvalue weighted by molar-refractivity contribution is -0.0512. The van der Waals surface area contributed by atoms with Crippen LogP contribution in [0.2, 0.25) is 0 Å². The largest absolute Gasteiger partial charge is 0.493 e. The van der Waals surface area contributed by atoms with Crippen molar-refractivity contribution in [2.45, 2.75) is 39.8 Å². The Bertz CT molecular complexity index is 814. The number of ether oxygens (including phenoxy) is 2. The van der Waals surface area contributed by atoms with Crippen LogP contribution in [-0.4, -0.2) is 49.6 Å². The first-order valence-corrected chi connectivity index (χ1v) is 9.50. The predicted octanol–water partition coefficient (Wildman–Crippen LogP) is 3.53. The van der Waals surface area contributed by atoms with Crippen LogP contribution in [0.1, 0.15) is 23.4 Å². The summed E-state index contributed by atoms with van der Waals surface area (Å²) in [5.74, 6) is 1.00. The minimum atomic E-state index is -2.89. The number of alkyl halides is 2. The third-order valence-electron chi connectivity index (χ3n) is 4.32. The molecule has 0 atom stereocenters. The number of guanidine groups is 1. The Balaban J connectivity index is 0.00000450. The van der Waals surface area contributed by atoms with Crippen LogP contribution < -0.4 is 20.1 Å². The second-order valence-corrected chi connectivity index (χ2v) is 6.54. The van der Waals surface area contributed by atoms with E-state index in [1.807, 2.05) is 24.6 Å². The summed E-state index contributed by atoms with van der Waals surface area (Å²) in [4.78, 5) is 4.20. The maximum Gasteiger partial charge on any atom is 0.387 e. The van der Waals surface area contributed by atoms with Crippen LogP contribution >= 0.6 is 24.0 Å². The number of aromatic nitrogens is 2.